The molecule has 98 valence electrons. The van der Waals surface area contributed by atoms with Crippen molar-refractivity contribution in [2.24, 2.45) is 5.73 Å². The summed E-state index contributed by atoms with van der Waals surface area (Å²) in [5, 5.41) is 0. The molecule has 0 fully saturated rings. The van der Waals surface area contributed by atoms with Crippen LogP contribution in [0, 0.1) is 0 Å². The zero-order chi connectivity index (χ0) is 13.2. The Labute approximate surface area is 114 Å². The van der Waals surface area contributed by atoms with Crippen LogP contribution in [0.25, 0.3) is 0 Å². The number of benzene rings is 2. The van der Waals surface area contributed by atoms with Gasteiger partial charge in [-0.25, -0.2) is 0 Å². The van der Waals surface area contributed by atoms with E-state index in [4.69, 9.17) is 10.5 Å². The summed E-state index contributed by atoms with van der Waals surface area (Å²) in [7, 11) is 0. The number of hydrogen-bond acceptors (Lipinski definition) is 2. The standard InChI is InChI=1S/C17H19NO/c1-2-19-14-9-10-16-13(11-14)8-7-12-5-3-4-6-15(12)17(16)18/h3-6,9-11,17H,2,7-8,18H2,1H3. The van der Waals surface area contributed by atoms with Gasteiger partial charge in [-0.1, -0.05) is 30.3 Å². The lowest BCUT2D eigenvalue weighted by atomic mass is 9.95. The molecule has 0 aromatic heterocycles. The van der Waals surface area contributed by atoms with Crippen molar-refractivity contribution in [3.63, 3.8) is 0 Å². The minimum Gasteiger partial charge on any atom is -0.494 e. The first kappa shape index (κ1) is 12.2. The summed E-state index contributed by atoms with van der Waals surface area (Å²) < 4.78 is 5.58. The average Bonchev–Trinajstić information content (AvgIpc) is 2.58. The minimum atomic E-state index is -0.0237. The van der Waals surface area contributed by atoms with E-state index < -0.39 is 0 Å². The molecular formula is C17H19NO. The fourth-order valence-electron chi connectivity index (χ4n) is 2.86. The Kier molecular flexibility index (Phi) is 3.26. The maximum atomic E-state index is 6.44. The highest BCUT2D eigenvalue weighted by Gasteiger charge is 2.20. The lowest BCUT2D eigenvalue weighted by Gasteiger charge is -2.16. The van der Waals surface area contributed by atoms with Gasteiger partial charge in [0, 0.05) is 0 Å². The van der Waals surface area contributed by atoms with Gasteiger partial charge >= 0.3 is 0 Å². The molecule has 0 heterocycles. The number of nitrogens with two attached hydrogens (primary N) is 1. The molecule has 2 heteroatoms. The lowest BCUT2D eigenvalue weighted by Crippen LogP contribution is -2.13. The molecule has 0 saturated heterocycles. The fraction of sp³-hybridized carbons (Fsp3) is 0.294. The van der Waals surface area contributed by atoms with E-state index in [0.717, 1.165) is 18.6 Å². The summed E-state index contributed by atoms with van der Waals surface area (Å²) in [4.78, 5) is 0. The summed E-state index contributed by atoms with van der Waals surface area (Å²) in [6.45, 7) is 2.71. The van der Waals surface area contributed by atoms with Gasteiger partial charge in [0.25, 0.3) is 0 Å². The largest absolute Gasteiger partial charge is 0.494 e. The van der Waals surface area contributed by atoms with Crippen LogP contribution >= 0.6 is 0 Å². The highest BCUT2D eigenvalue weighted by molar-refractivity contribution is 5.46. The SMILES string of the molecule is CCOc1ccc2c(c1)CCc1ccccc1C2N. The van der Waals surface area contributed by atoms with Crippen molar-refractivity contribution in [1.29, 1.82) is 0 Å². The van der Waals surface area contributed by atoms with Crippen molar-refractivity contribution >= 4 is 0 Å². The number of rotatable bonds is 2. The van der Waals surface area contributed by atoms with Crippen LogP contribution in [-0.4, -0.2) is 6.61 Å². The second-order valence-electron chi connectivity index (χ2n) is 4.97. The Bertz CT molecular complexity index is 592. The molecule has 1 unspecified atom stereocenters. The number of aryl methyl sites for hydroxylation is 2. The predicted molar refractivity (Wildman–Crippen MR) is 77.5 cm³/mol. The van der Waals surface area contributed by atoms with Crippen molar-refractivity contribution in [3.05, 3.63) is 64.7 Å². The van der Waals surface area contributed by atoms with Gasteiger partial charge in [-0.05, 0) is 54.2 Å². The smallest absolute Gasteiger partial charge is 0.119 e. The minimum absolute atomic E-state index is 0.0237. The normalized spacial score (nSPS) is 17.3. The molecule has 2 nitrogen and oxygen atoms in total. The topological polar surface area (TPSA) is 35.2 Å². The van der Waals surface area contributed by atoms with Gasteiger partial charge in [-0.15, -0.1) is 0 Å². The van der Waals surface area contributed by atoms with Crippen molar-refractivity contribution in [3.8, 4) is 5.75 Å². The average molecular weight is 253 g/mol. The third-order valence-corrected chi connectivity index (χ3v) is 3.81. The van der Waals surface area contributed by atoms with Gasteiger partial charge in [0.15, 0.2) is 0 Å². The molecule has 0 saturated carbocycles. The second kappa shape index (κ2) is 5.06. The number of ether oxygens (including phenoxy) is 1. The third kappa shape index (κ3) is 2.24. The molecule has 0 radical (unpaired) electrons. The fourth-order valence-corrected chi connectivity index (χ4v) is 2.86. The first-order valence-electron chi connectivity index (χ1n) is 6.88. The molecule has 2 N–H and O–H groups in total. The van der Waals surface area contributed by atoms with Crippen LogP contribution < -0.4 is 10.5 Å². The molecule has 0 spiro atoms. The van der Waals surface area contributed by atoms with Gasteiger partial charge in [0.1, 0.15) is 5.75 Å². The van der Waals surface area contributed by atoms with Gasteiger partial charge < -0.3 is 10.5 Å². The maximum absolute atomic E-state index is 6.44. The van der Waals surface area contributed by atoms with E-state index in [-0.39, 0.29) is 6.04 Å². The highest BCUT2D eigenvalue weighted by atomic mass is 16.5. The van der Waals surface area contributed by atoms with E-state index in [1.54, 1.807) is 0 Å². The molecule has 2 aromatic carbocycles. The van der Waals surface area contributed by atoms with Crippen LogP contribution in [0.2, 0.25) is 0 Å². The van der Waals surface area contributed by atoms with Crippen molar-refractivity contribution in [2.45, 2.75) is 25.8 Å². The quantitative estimate of drug-likeness (QED) is 0.891. The molecule has 2 aromatic rings. The molecule has 0 amide bonds. The highest BCUT2D eigenvalue weighted by Crippen LogP contribution is 2.32. The summed E-state index contributed by atoms with van der Waals surface area (Å²) in [6, 6.07) is 14.7. The Morgan fingerprint density at radius 2 is 1.79 bits per heavy atom. The van der Waals surface area contributed by atoms with Gasteiger partial charge in [-0.3, -0.25) is 0 Å². The number of fused-ring (bicyclic) bond motifs is 2. The monoisotopic (exact) mass is 253 g/mol. The summed E-state index contributed by atoms with van der Waals surface area (Å²) in [5.41, 5.74) is 11.6. The Morgan fingerprint density at radius 1 is 1.05 bits per heavy atom. The zero-order valence-corrected chi connectivity index (χ0v) is 11.2. The second-order valence-corrected chi connectivity index (χ2v) is 4.97. The molecule has 1 aliphatic rings. The van der Waals surface area contributed by atoms with Crippen LogP contribution in [0.5, 0.6) is 5.75 Å². The Morgan fingerprint density at radius 3 is 2.63 bits per heavy atom. The first-order chi connectivity index (χ1) is 9.29. The van der Waals surface area contributed by atoms with E-state index in [1.807, 2.05) is 13.0 Å². The molecular weight excluding hydrogens is 234 g/mol. The van der Waals surface area contributed by atoms with Crippen molar-refractivity contribution < 1.29 is 4.74 Å². The van der Waals surface area contributed by atoms with E-state index in [9.17, 15) is 0 Å². The Hall–Kier alpha value is -1.80. The molecule has 1 atom stereocenters. The summed E-state index contributed by atoms with van der Waals surface area (Å²) in [5.74, 6) is 0.944. The van der Waals surface area contributed by atoms with Crippen LogP contribution in [0.4, 0.5) is 0 Å². The molecule has 0 bridgehead atoms. The maximum Gasteiger partial charge on any atom is 0.119 e. The zero-order valence-electron chi connectivity index (χ0n) is 11.2. The van der Waals surface area contributed by atoms with Gasteiger partial charge in [0.05, 0.1) is 12.6 Å². The van der Waals surface area contributed by atoms with Crippen LogP contribution in [0.3, 0.4) is 0 Å². The van der Waals surface area contributed by atoms with Crippen molar-refractivity contribution in [2.75, 3.05) is 6.61 Å². The Balaban J connectivity index is 2.04. The molecule has 19 heavy (non-hydrogen) atoms. The molecule has 1 aliphatic carbocycles. The van der Waals surface area contributed by atoms with E-state index in [0.29, 0.717) is 6.61 Å². The van der Waals surface area contributed by atoms with E-state index >= 15 is 0 Å². The summed E-state index contributed by atoms with van der Waals surface area (Å²) in [6.07, 6.45) is 2.08. The van der Waals surface area contributed by atoms with Gasteiger partial charge in [0.2, 0.25) is 0 Å². The van der Waals surface area contributed by atoms with Crippen molar-refractivity contribution in [1.82, 2.24) is 0 Å². The number of hydrogen-bond donors (Lipinski definition) is 1. The first-order valence-corrected chi connectivity index (χ1v) is 6.88. The van der Waals surface area contributed by atoms with E-state index in [1.165, 1.54) is 22.3 Å². The summed E-state index contributed by atoms with van der Waals surface area (Å²) >= 11 is 0. The van der Waals surface area contributed by atoms with Crippen LogP contribution in [0.1, 0.15) is 35.2 Å². The van der Waals surface area contributed by atoms with Crippen LogP contribution in [-0.2, 0) is 12.8 Å². The lowest BCUT2D eigenvalue weighted by molar-refractivity contribution is 0.340. The van der Waals surface area contributed by atoms with E-state index in [2.05, 4.69) is 36.4 Å². The van der Waals surface area contributed by atoms with Crippen LogP contribution in [0.15, 0.2) is 42.5 Å². The molecule has 0 aliphatic heterocycles. The van der Waals surface area contributed by atoms with Gasteiger partial charge in [-0.2, -0.15) is 0 Å². The molecule has 3 rings (SSSR count). The predicted octanol–water partition coefficient (Wildman–Crippen LogP) is 3.23. The third-order valence-electron chi connectivity index (χ3n) is 3.81.